The first-order valence-corrected chi connectivity index (χ1v) is 14.4. The molecule has 0 saturated carbocycles. The molecule has 5 rings (SSSR count). The van der Waals surface area contributed by atoms with Crippen molar-refractivity contribution in [2.45, 2.75) is 44.8 Å². The van der Waals surface area contributed by atoms with Crippen molar-refractivity contribution in [2.24, 2.45) is 24.5 Å². The maximum Gasteiger partial charge on any atom is 0.432 e. The van der Waals surface area contributed by atoms with E-state index in [1.807, 2.05) is 19.1 Å². The van der Waals surface area contributed by atoms with Crippen LogP contribution in [0.3, 0.4) is 0 Å². The number of alkyl halides is 3. The Bertz CT molecular complexity index is 1650. The van der Waals surface area contributed by atoms with Gasteiger partial charge in [0, 0.05) is 54.1 Å². The van der Waals surface area contributed by atoms with Crippen molar-refractivity contribution in [1.82, 2.24) is 19.7 Å². The molecule has 14 heteroatoms. The highest BCUT2D eigenvalue weighted by Gasteiger charge is 2.33. The van der Waals surface area contributed by atoms with Gasteiger partial charge >= 0.3 is 6.18 Å². The number of nitrogens with two attached hydrogens (primary N) is 2. The van der Waals surface area contributed by atoms with Crippen LogP contribution in [-0.4, -0.2) is 44.2 Å². The third kappa shape index (κ3) is 6.43. The second-order valence-corrected chi connectivity index (χ2v) is 11.4. The van der Waals surface area contributed by atoms with Crippen LogP contribution in [0.25, 0.3) is 16.8 Å². The van der Waals surface area contributed by atoms with Gasteiger partial charge in [0.05, 0.1) is 35.0 Å². The lowest BCUT2D eigenvalue weighted by Crippen LogP contribution is -2.38. The Morgan fingerprint density at radius 2 is 1.98 bits per heavy atom. The molecule has 2 amide bonds. The predicted octanol–water partition coefficient (Wildman–Crippen LogP) is 5.29. The van der Waals surface area contributed by atoms with Crippen LogP contribution in [0.2, 0.25) is 5.02 Å². The number of hydrazine groups is 1. The van der Waals surface area contributed by atoms with E-state index >= 15 is 0 Å². The minimum absolute atomic E-state index is 0.106. The summed E-state index contributed by atoms with van der Waals surface area (Å²) in [5.41, 5.74) is 7.81. The maximum absolute atomic E-state index is 13.7. The van der Waals surface area contributed by atoms with E-state index in [1.165, 1.54) is 18.2 Å². The lowest BCUT2D eigenvalue weighted by molar-refractivity contribution is -0.129. The van der Waals surface area contributed by atoms with Gasteiger partial charge in [-0.2, -0.15) is 18.3 Å². The van der Waals surface area contributed by atoms with Gasteiger partial charge in [0.1, 0.15) is 5.70 Å². The molecule has 2 aliphatic heterocycles. The number of hydrogen-bond acceptors (Lipinski definition) is 7. The number of allylic oxidation sites excluding steroid dienone is 1. The zero-order chi connectivity index (χ0) is 31.8. The molecule has 2 atom stereocenters. The van der Waals surface area contributed by atoms with Crippen LogP contribution < -0.4 is 21.9 Å². The Hall–Kier alpha value is -4.36. The van der Waals surface area contributed by atoms with Gasteiger partial charge in [0.25, 0.3) is 0 Å². The van der Waals surface area contributed by atoms with E-state index in [0.717, 1.165) is 16.3 Å². The van der Waals surface area contributed by atoms with Gasteiger partial charge in [-0.1, -0.05) is 24.9 Å². The fraction of sp³-hybridized carbons (Fsp3) is 0.333. The fourth-order valence-electron chi connectivity index (χ4n) is 5.58. The molecule has 3 aromatic rings. The lowest BCUT2D eigenvalue weighted by Gasteiger charge is -2.35. The molecule has 232 valence electrons. The van der Waals surface area contributed by atoms with Crippen molar-refractivity contribution >= 4 is 40.4 Å². The van der Waals surface area contributed by atoms with Crippen LogP contribution >= 0.6 is 11.6 Å². The monoisotopic (exact) mass is 628 g/mol. The number of fused-ring (bicyclic) bond motifs is 4. The summed E-state index contributed by atoms with van der Waals surface area (Å²) in [5, 5.41) is 8.43. The number of amides is 2. The van der Waals surface area contributed by atoms with Gasteiger partial charge < -0.3 is 16.0 Å². The number of anilines is 2. The first kappa shape index (κ1) is 31.1. The molecule has 44 heavy (non-hydrogen) atoms. The molecule has 5 N–H and O–H groups in total. The number of nitrogens with one attached hydrogen (secondary N) is 1. The molecule has 1 aromatic carbocycles. The average molecular weight is 629 g/mol. The molecule has 2 aromatic heterocycles. The van der Waals surface area contributed by atoms with Gasteiger partial charge in [-0.05, 0) is 55.2 Å². The third-order valence-electron chi connectivity index (χ3n) is 7.92. The summed E-state index contributed by atoms with van der Waals surface area (Å²) in [6.45, 7) is 2.18. The molecule has 2 bridgehead atoms. The molecular formula is C30H32ClF3N8O2. The maximum atomic E-state index is 13.7. The van der Waals surface area contributed by atoms with E-state index in [9.17, 15) is 22.8 Å². The number of hydrogen-bond donors (Lipinski definition) is 3. The summed E-state index contributed by atoms with van der Waals surface area (Å²) in [7, 11) is 1.79. The molecule has 0 radical (unpaired) electrons. The normalized spacial score (nSPS) is 19.8. The second-order valence-electron chi connectivity index (χ2n) is 10.9. The van der Waals surface area contributed by atoms with Crippen molar-refractivity contribution in [3.8, 4) is 11.3 Å². The van der Waals surface area contributed by atoms with Crippen molar-refractivity contribution in [2.75, 3.05) is 16.9 Å². The molecule has 2 unspecified atom stereocenters. The number of benzene rings is 1. The summed E-state index contributed by atoms with van der Waals surface area (Å²) >= 11 is 6.25. The van der Waals surface area contributed by atoms with Gasteiger partial charge in [-0.3, -0.25) is 24.3 Å². The Morgan fingerprint density at radius 1 is 1.20 bits per heavy atom. The van der Waals surface area contributed by atoms with Gasteiger partial charge in [0.15, 0.2) is 0 Å². The second kappa shape index (κ2) is 12.3. The molecule has 4 heterocycles. The average Bonchev–Trinajstić information content (AvgIpc) is 3.33. The summed E-state index contributed by atoms with van der Waals surface area (Å²) in [6.07, 6.45) is 2.80. The molecule has 0 spiro atoms. The molecule has 10 nitrogen and oxygen atoms in total. The zero-order valence-electron chi connectivity index (χ0n) is 24.1. The quantitative estimate of drug-likeness (QED) is 0.264. The van der Waals surface area contributed by atoms with E-state index < -0.39 is 11.9 Å². The number of nitrogens with zero attached hydrogens (tertiary/aromatic N) is 5. The highest BCUT2D eigenvalue weighted by Crippen LogP contribution is 2.38. The standard InChI is InChI=1S/C30H32ClF3N8O2/c1-17-4-3-5-25(22-12-19(8-10-37-22)28-23(39-29(17)44)15-38-40(28)2)41-11-9-18(13-27(41)43)21-14-20(31)6-7-24(21)42(36)16-26(35)30(32,33)34/h6-8,10,12-17,25H,3-5,9,11,35-36H2,1-2H3,(H,39,44)/b26-16-. The van der Waals surface area contributed by atoms with Crippen LogP contribution in [0, 0.1) is 5.92 Å². The van der Waals surface area contributed by atoms with Crippen molar-refractivity contribution in [3.63, 3.8) is 0 Å². The Kier molecular flexibility index (Phi) is 8.71. The first-order chi connectivity index (χ1) is 20.8. The van der Waals surface area contributed by atoms with Gasteiger partial charge in [0.2, 0.25) is 11.8 Å². The Morgan fingerprint density at radius 3 is 2.70 bits per heavy atom. The minimum atomic E-state index is -4.76. The number of carbonyl (C=O) groups is 2. The molecular weight excluding hydrogens is 597 g/mol. The van der Waals surface area contributed by atoms with E-state index in [4.69, 9.17) is 23.2 Å². The topological polar surface area (TPSA) is 135 Å². The van der Waals surface area contributed by atoms with Gasteiger partial charge in [-0.25, -0.2) is 5.84 Å². The van der Waals surface area contributed by atoms with E-state index in [1.54, 1.807) is 35.1 Å². The van der Waals surface area contributed by atoms with E-state index in [-0.39, 0.29) is 29.5 Å². The van der Waals surface area contributed by atoms with Crippen LogP contribution in [0.1, 0.15) is 49.9 Å². The number of carbonyl (C=O) groups excluding carboxylic acids is 2. The SMILES string of the molecule is CC1CCCC(N2CCC(c3cc(Cl)ccc3N(N)/C=C(\N)C(F)(F)F)=CC2=O)c2cc(ccn2)-c2c(cnn2C)NC1=O. The highest BCUT2D eigenvalue weighted by atomic mass is 35.5. The lowest BCUT2D eigenvalue weighted by atomic mass is 9.93. The summed E-state index contributed by atoms with van der Waals surface area (Å²) < 4.78 is 40.9. The summed E-state index contributed by atoms with van der Waals surface area (Å²) in [5.74, 6) is 5.31. The Balaban J connectivity index is 1.50. The van der Waals surface area contributed by atoms with Crippen molar-refractivity contribution in [3.05, 3.63) is 77.0 Å². The van der Waals surface area contributed by atoms with Crippen LogP contribution in [0.15, 0.2) is 60.7 Å². The highest BCUT2D eigenvalue weighted by molar-refractivity contribution is 6.31. The largest absolute Gasteiger partial charge is 0.432 e. The van der Waals surface area contributed by atoms with Crippen LogP contribution in [-0.2, 0) is 16.6 Å². The number of rotatable bonds is 4. The van der Waals surface area contributed by atoms with E-state index in [0.29, 0.717) is 66.0 Å². The molecule has 0 fully saturated rings. The third-order valence-corrected chi connectivity index (χ3v) is 8.16. The van der Waals surface area contributed by atoms with Gasteiger partial charge in [-0.15, -0.1) is 0 Å². The summed E-state index contributed by atoms with van der Waals surface area (Å²) in [6, 6.07) is 7.88. The number of aryl methyl sites for hydroxylation is 1. The van der Waals surface area contributed by atoms with Crippen molar-refractivity contribution in [1.29, 1.82) is 0 Å². The van der Waals surface area contributed by atoms with Crippen molar-refractivity contribution < 1.29 is 22.8 Å². The minimum Gasteiger partial charge on any atom is -0.393 e. The Labute approximate surface area is 257 Å². The van der Waals surface area contributed by atoms with Crippen LogP contribution in [0.5, 0.6) is 0 Å². The molecule has 2 aliphatic rings. The molecule has 0 aliphatic carbocycles. The first-order valence-electron chi connectivity index (χ1n) is 14.0. The smallest absolute Gasteiger partial charge is 0.393 e. The molecule has 0 saturated heterocycles. The zero-order valence-corrected chi connectivity index (χ0v) is 24.9. The van der Waals surface area contributed by atoms with Crippen LogP contribution in [0.4, 0.5) is 24.5 Å². The fourth-order valence-corrected chi connectivity index (χ4v) is 5.75. The number of aromatic nitrogens is 3. The van der Waals surface area contributed by atoms with E-state index in [2.05, 4.69) is 15.4 Å². The summed E-state index contributed by atoms with van der Waals surface area (Å²) in [4.78, 5) is 33.0. The number of halogens is 4. The number of pyridine rings is 1. The predicted molar refractivity (Wildman–Crippen MR) is 162 cm³/mol.